The van der Waals surface area contributed by atoms with E-state index in [4.69, 9.17) is 13.3 Å². The van der Waals surface area contributed by atoms with Gasteiger partial charge in [0, 0.05) is 39.0 Å². The van der Waals surface area contributed by atoms with Crippen LogP contribution in [-0.4, -0.2) is 41.2 Å². The zero-order chi connectivity index (χ0) is 21.0. The molecular weight excluding hydrogens is 372 g/mol. The van der Waals surface area contributed by atoms with Crippen molar-refractivity contribution in [3.8, 4) is 0 Å². The molecule has 0 fully saturated rings. The molecule has 0 radical (unpaired) electrons. The Labute approximate surface area is 171 Å². The Bertz CT molecular complexity index is 556. The minimum atomic E-state index is -2.63. The SMILES string of the molecule is CCO[Si](CCCNC(=O)NCc1ccc(C(C)(C)C)cc1)(OCC)OCC. The lowest BCUT2D eigenvalue weighted by atomic mass is 9.87. The van der Waals surface area contributed by atoms with E-state index in [9.17, 15) is 4.79 Å². The average molecular weight is 411 g/mol. The summed E-state index contributed by atoms with van der Waals surface area (Å²) in [6.45, 7) is 15.1. The van der Waals surface area contributed by atoms with Gasteiger partial charge in [-0.1, -0.05) is 45.0 Å². The minimum Gasteiger partial charge on any atom is -0.374 e. The van der Waals surface area contributed by atoms with Gasteiger partial charge in [0.25, 0.3) is 0 Å². The molecule has 0 aliphatic rings. The predicted molar refractivity (Wildman–Crippen MR) is 115 cm³/mol. The fourth-order valence-corrected chi connectivity index (χ4v) is 5.49. The molecule has 0 saturated heterocycles. The van der Waals surface area contributed by atoms with E-state index in [1.165, 1.54) is 5.56 Å². The molecule has 0 aliphatic carbocycles. The fourth-order valence-electron chi connectivity index (χ4n) is 2.88. The van der Waals surface area contributed by atoms with Crippen LogP contribution in [0.4, 0.5) is 4.79 Å². The maximum Gasteiger partial charge on any atom is 0.500 e. The molecule has 7 heteroatoms. The summed E-state index contributed by atoms with van der Waals surface area (Å²) in [5.74, 6) is 0. The fraction of sp³-hybridized carbons (Fsp3) is 0.667. The second-order valence-electron chi connectivity index (χ2n) is 7.64. The predicted octanol–water partition coefficient (Wildman–Crippen LogP) is 4.22. The van der Waals surface area contributed by atoms with Crippen LogP contribution in [0.3, 0.4) is 0 Å². The quantitative estimate of drug-likeness (QED) is 0.400. The van der Waals surface area contributed by atoms with Crippen molar-refractivity contribution in [2.24, 2.45) is 0 Å². The lowest BCUT2D eigenvalue weighted by molar-refractivity contribution is 0.0708. The van der Waals surface area contributed by atoms with Crippen molar-refractivity contribution in [2.45, 2.75) is 66.0 Å². The molecule has 0 atom stereocenters. The monoisotopic (exact) mass is 410 g/mol. The van der Waals surface area contributed by atoms with Crippen molar-refractivity contribution in [3.63, 3.8) is 0 Å². The Balaban J connectivity index is 2.37. The van der Waals surface area contributed by atoms with E-state index in [1.807, 2.05) is 20.8 Å². The van der Waals surface area contributed by atoms with E-state index < -0.39 is 8.80 Å². The Morgan fingerprint density at radius 1 is 0.929 bits per heavy atom. The molecule has 1 rings (SSSR count). The number of carbonyl (C=O) groups is 1. The molecule has 1 aromatic carbocycles. The third kappa shape index (κ3) is 8.73. The maximum absolute atomic E-state index is 12.0. The number of amides is 2. The van der Waals surface area contributed by atoms with Crippen molar-refractivity contribution >= 4 is 14.8 Å². The van der Waals surface area contributed by atoms with Gasteiger partial charge in [-0.15, -0.1) is 0 Å². The molecule has 0 saturated carbocycles. The first-order chi connectivity index (χ1) is 13.3. The zero-order valence-electron chi connectivity index (χ0n) is 18.4. The summed E-state index contributed by atoms with van der Waals surface area (Å²) in [5.41, 5.74) is 2.50. The summed E-state index contributed by atoms with van der Waals surface area (Å²) in [4.78, 5) is 12.0. The summed E-state index contributed by atoms with van der Waals surface area (Å²) < 4.78 is 17.5. The number of hydrogen-bond donors (Lipinski definition) is 2. The molecule has 160 valence electrons. The first-order valence-corrected chi connectivity index (χ1v) is 12.2. The van der Waals surface area contributed by atoms with Gasteiger partial charge in [-0.05, 0) is 43.7 Å². The highest BCUT2D eigenvalue weighted by Gasteiger charge is 2.39. The van der Waals surface area contributed by atoms with Gasteiger partial charge in [0.05, 0.1) is 0 Å². The van der Waals surface area contributed by atoms with Crippen LogP contribution in [-0.2, 0) is 25.2 Å². The molecule has 6 nitrogen and oxygen atoms in total. The van der Waals surface area contributed by atoms with Crippen LogP contribution in [0.15, 0.2) is 24.3 Å². The molecule has 1 aromatic rings. The van der Waals surface area contributed by atoms with E-state index in [-0.39, 0.29) is 11.4 Å². The number of hydrogen-bond acceptors (Lipinski definition) is 4. The number of carbonyl (C=O) groups excluding carboxylic acids is 1. The van der Waals surface area contributed by atoms with Gasteiger partial charge in [0.1, 0.15) is 0 Å². The molecule has 0 bridgehead atoms. The van der Waals surface area contributed by atoms with Gasteiger partial charge in [0.2, 0.25) is 0 Å². The first kappa shape index (κ1) is 24.6. The van der Waals surface area contributed by atoms with Gasteiger partial charge >= 0.3 is 14.8 Å². The molecule has 0 spiro atoms. The van der Waals surface area contributed by atoms with Gasteiger partial charge in [-0.2, -0.15) is 0 Å². The Hall–Kier alpha value is -1.41. The molecule has 2 amide bonds. The van der Waals surface area contributed by atoms with E-state index in [0.29, 0.717) is 39.0 Å². The van der Waals surface area contributed by atoms with Crippen LogP contribution >= 0.6 is 0 Å². The van der Waals surface area contributed by atoms with E-state index in [2.05, 4.69) is 55.7 Å². The van der Waals surface area contributed by atoms with Gasteiger partial charge in [-0.25, -0.2) is 4.79 Å². The highest BCUT2D eigenvalue weighted by Crippen LogP contribution is 2.22. The second kappa shape index (κ2) is 12.2. The average Bonchev–Trinajstić information content (AvgIpc) is 2.64. The van der Waals surface area contributed by atoms with E-state index >= 15 is 0 Å². The Morgan fingerprint density at radius 3 is 1.93 bits per heavy atom. The van der Waals surface area contributed by atoms with Gasteiger partial charge < -0.3 is 23.9 Å². The summed E-state index contributed by atoms with van der Waals surface area (Å²) in [6, 6.07) is 8.89. The van der Waals surface area contributed by atoms with Crippen LogP contribution in [0.2, 0.25) is 6.04 Å². The Kier molecular flexibility index (Phi) is 10.7. The third-order valence-electron chi connectivity index (χ3n) is 4.31. The van der Waals surface area contributed by atoms with Crippen LogP contribution in [0.25, 0.3) is 0 Å². The van der Waals surface area contributed by atoms with Crippen molar-refractivity contribution in [1.82, 2.24) is 10.6 Å². The van der Waals surface area contributed by atoms with Gasteiger partial charge in [0.15, 0.2) is 0 Å². The molecule has 0 aromatic heterocycles. The van der Waals surface area contributed by atoms with Crippen molar-refractivity contribution in [2.75, 3.05) is 26.4 Å². The maximum atomic E-state index is 12.0. The number of benzene rings is 1. The largest absolute Gasteiger partial charge is 0.500 e. The lowest BCUT2D eigenvalue weighted by Gasteiger charge is -2.28. The van der Waals surface area contributed by atoms with Gasteiger partial charge in [-0.3, -0.25) is 0 Å². The van der Waals surface area contributed by atoms with E-state index in [0.717, 1.165) is 12.0 Å². The minimum absolute atomic E-state index is 0.131. The Morgan fingerprint density at radius 2 is 1.46 bits per heavy atom. The molecule has 2 N–H and O–H groups in total. The summed E-state index contributed by atoms with van der Waals surface area (Å²) in [7, 11) is -2.63. The van der Waals surface area contributed by atoms with Crippen LogP contribution in [0, 0.1) is 0 Å². The molecule has 0 heterocycles. The summed E-state index contributed by atoms with van der Waals surface area (Å²) in [6.07, 6.45) is 0.750. The smallest absolute Gasteiger partial charge is 0.374 e. The second-order valence-corrected chi connectivity index (χ2v) is 10.4. The summed E-state index contributed by atoms with van der Waals surface area (Å²) in [5, 5.41) is 5.79. The number of urea groups is 1. The first-order valence-electron chi connectivity index (χ1n) is 10.3. The molecule has 0 unspecified atom stereocenters. The topological polar surface area (TPSA) is 68.8 Å². The standard InChI is InChI=1S/C21H38N2O4Si/c1-7-25-28(26-8-2,27-9-3)16-10-15-22-20(24)23-17-18-11-13-19(14-12-18)21(4,5)6/h11-14H,7-10,15-17H2,1-6H3,(H2,22,23,24). The highest BCUT2D eigenvalue weighted by molar-refractivity contribution is 6.60. The van der Waals surface area contributed by atoms with Crippen molar-refractivity contribution in [3.05, 3.63) is 35.4 Å². The lowest BCUT2D eigenvalue weighted by Crippen LogP contribution is -2.46. The molecular formula is C21H38N2O4Si. The highest BCUT2D eigenvalue weighted by atomic mass is 28.4. The number of rotatable bonds is 12. The summed E-state index contributed by atoms with van der Waals surface area (Å²) >= 11 is 0. The van der Waals surface area contributed by atoms with E-state index in [1.54, 1.807) is 0 Å². The zero-order valence-corrected chi connectivity index (χ0v) is 19.4. The third-order valence-corrected chi connectivity index (χ3v) is 7.46. The molecule has 0 aliphatic heterocycles. The van der Waals surface area contributed by atoms with Crippen molar-refractivity contribution < 1.29 is 18.1 Å². The molecule has 28 heavy (non-hydrogen) atoms. The number of nitrogens with one attached hydrogen (secondary N) is 2. The van der Waals surface area contributed by atoms with Crippen LogP contribution in [0.1, 0.15) is 59.1 Å². The van der Waals surface area contributed by atoms with Crippen LogP contribution < -0.4 is 10.6 Å². The van der Waals surface area contributed by atoms with Crippen molar-refractivity contribution in [1.29, 1.82) is 0 Å². The normalized spacial score (nSPS) is 12.1. The van der Waals surface area contributed by atoms with Crippen LogP contribution in [0.5, 0.6) is 0 Å².